The Balaban J connectivity index is 1.27. The van der Waals surface area contributed by atoms with Crippen LogP contribution >= 0.6 is 27.3 Å². The molecule has 4 aliphatic rings. The zero-order valence-electron chi connectivity index (χ0n) is 14.7. The summed E-state index contributed by atoms with van der Waals surface area (Å²) >= 11 is 4.95. The summed E-state index contributed by atoms with van der Waals surface area (Å²) in [5, 5.41) is 5.83. The Kier molecular flexibility index (Phi) is 4.20. The number of halogens is 1. The van der Waals surface area contributed by atoms with Crippen LogP contribution in [-0.4, -0.2) is 10.9 Å². The van der Waals surface area contributed by atoms with Gasteiger partial charge < -0.3 is 0 Å². The van der Waals surface area contributed by atoms with Crippen LogP contribution in [0.25, 0.3) is 0 Å². The molecule has 0 aliphatic heterocycles. The van der Waals surface area contributed by atoms with Gasteiger partial charge in [-0.25, -0.2) is 4.98 Å². The van der Waals surface area contributed by atoms with Gasteiger partial charge in [0.1, 0.15) is 0 Å². The third-order valence-electron chi connectivity index (χ3n) is 6.60. The van der Waals surface area contributed by atoms with Crippen LogP contribution in [0.2, 0.25) is 0 Å². The van der Waals surface area contributed by atoms with Crippen LogP contribution in [0.1, 0.15) is 54.6 Å². The number of hydrogen-bond acceptors (Lipinski definition) is 3. The van der Waals surface area contributed by atoms with Crippen molar-refractivity contribution in [2.75, 3.05) is 5.32 Å². The van der Waals surface area contributed by atoms with Gasteiger partial charge in [0, 0.05) is 15.4 Å². The molecule has 4 bridgehead atoms. The fourth-order valence-corrected chi connectivity index (χ4v) is 7.08. The molecule has 136 valence electrons. The highest BCUT2D eigenvalue weighted by molar-refractivity contribution is 9.10. The summed E-state index contributed by atoms with van der Waals surface area (Å²) in [7, 11) is 0. The Bertz CT molecular complexity index is 794. The second-order valence-electron chi connectivity index (χ2n) is 8.70. The Morgan fingerprint density at radius 2 is 1.73 bits per heavy atom. The number of nitrogens with zero attached hydrogens (tertiary/aromatic N) is 1. The smallest absolute Gasteiger partial charge is 0.257 e. The Hall–Kier alpha value is -1.20. The minimum Gasteiger partial charge on any atom is -0.298 e. The molecule has 0 radical (unpaired) electrons. The van der Waals surface area contributed by atoms with E-state index < -0.39 is 0 Å². The lowest BCUT2D eigenvalue weighted by Gasteiger charge is -2.56. The number of carbonyl (C=O) groups excluding carboxylic acids is 1. The largest absolute Gasteiger partial charge is 0.298 e. The van der Waals surface area contributed by atoms with Crippen molar-refractivity contribution in [3.63, 3.8) is 0 Å². The fraction of sp³-hybridized carbons (Fsp3) is 0.524. The first-order chi connectivity index (χ1) is 12.6. The quantitative estimate of drug-likeness (QED) is 0.653. The molecular formula is C21H23BrN2OS. The molecule has 0 atom stereocenters. The summed E-state index contributed by atoms with van der Waals surface area (Å²) < 4.78 is 0.973. The van der Waals surface area contributed by atoms with Crippen molar-refractivity contribution in [2.24, 2.45) is 23.2 Å². The van der Waals surface area contributed by atoms with E-state index in [-0.39, 0.29) is 5.91 Å². The number of anilines is 1. The van der Waals surface area contributed by atoms with Gasteiger partial charge in [0.15, 0.2) is 5.13 Å². The summed E-state index contributed by atoms with van der Waals surface area (Å²) in [6.07, 6.45) is 9.73. The van der Waals surface area contributed by atoms with Gasteiger partial charge in [-0.2, -0.15) is 0 Å². The van der Waals surface area contributed by atoms with Crippen molar-refractivity contribution in [3.8, 4) is 0 Å². The van der Waals surface area contributed by atoms with E-state index >= 15 is 0 Å². The normalized spacial score (nSPS) is 32.0. The second-order valence-corrected chi connectivity index (χ2v) is 10.5. The number of hydrogen-bond donors (Lipinski definition) is 1. The predicted molar refractivity (Wildman–Crippen MR) is 109 cm³/mol. The summed E-state index contributed by atoms with van der Waals surface area (Å²) in [4.78, 5) is 17.1. The van der Waals surface area contributed by atoms with Crippen LogP contribution in [0, 0.1) is 23.2 Å². The highest BCUT2D eigenvalue weighted by atomic mass is 79.9. The predicted octanol–water partition coefficient (Wildman–Crippen LogP) is 5.92. The third-order valence-corrected chi connectivity index (χ3v) is 7.94. The average molecular weight is 431 g/mol. The minimum atomic E-state index is -0.0896. The molecule has 4 saturated carbocycles. The molecule has 4 aliphatic carbocycles. The first-order valence-corrected chi connectivity index (χ1v) is 11.3. The lowest BCUT2D eigenvalue weighted by molar-refractivity contribution is -0.0525. The first kappa shape index (κ1) is 16.9. The van der Waals surface area contributed by atoms with E-state index in [2.05, 4.69) is 26.6 Å². The van der Waals surface area contributed by atoms with Crippen molar-refractivity contribution in [3.05, 3.63) is 45.4 Å². The highest BCUT2D eigenvalue weighted by Gasteiger charge is 2.50. The van der Waals surface area contributed by atoms with Gasteiger partial charge in [0.25, 0.3) is 5.91 Å². The SMILES string of the molecule is O=C(Nc1nc(CC23CC4CC(CC(C4)C2)C3)cs1)c1ccc(Br)cc1. The minimum absolute atomic E-state index is 0.0896. The number of amides is 1. The average Bonchev–Trinajstić information content (AvgIpc) is 3.00. The lowest BCUT2D eigenvalue weighted by atomic mass is 9.48. The van der Waals surface area contributed by atoms with Crippen molar-refractivity contribution >= 4 is 38.3 Å². The second kappa shape index (κ2) is 6.45. The number of rotatable bonds is 4. The molecule has 26 heavy (non-hydrogen) atoms. The number of carbonyl (C=O) groups is 1. The summed E-state index contributed by atoms with van der Waals surface area (Å²) in [5.74, 6) is 2.82. The molecule has 4 fully saturated rings. The van der Waals surface area contributed by atoms with Crippen LogP contribution in [0.3, 0.4) is 0 Å². The molecule has 3 nitrogen and oxygen atoms in total. The van der Waals surface area contributed by atoms with E-state index in [9.17, 15) is 4.79 Å². The Morgan fingerprint density at radius 1 is 1.12 bits per heavy atom. The van der Waals surface area contributed by atoms with Gasteiger partial charge in [-0.3, -0.25) is 10.1 Å². The van der Waals surface area contributed by atoms with E-state index in [1.807, 2.05) is 24.3 Å². The van der Waals surface area contributed by atoms with Crippen LogP contribution < -0.4 is 5.32 Å². The lowest BCUT2D eigenvalue weighted by Crippen LogP contribution is -2.47. The zero-order valence-corrected chi connectivity index (χ0v) is 17.1. The van der Waals surface area contributed by atoms with Gasteiger partial charge >= 0.3 is 0 Å². The van der Waals surface area contributed by atoms with Crippen molar-refractivity contribution in [1.29, 1.82) is 0 Å². The zero-order chi connectivity index (χ0) is 17.7. The maximum atomic E-state index is 12.4. The molecular weight excluding hydrogens is 408 g/mol. The van der Waals surface area contributed by atoms with Gasteiger partial charge in [-0.1, -0.05) is 15.9 Å². The number of nitrogens with one attached hydrogen (secondary N) is 1. The Labute approximate surface area is 166 Å². The van der Waals surface area contributed by atoms with E-state index in [0.29, 0.717) is 11.0 Å². The molecule has 5 heteroatoms. The van der Waals surface area contributed by atoms with Gasteiger partial charge in [0.05, 0.1) is 5.69 Å². The van der Waals surface area contributed by atoms with Crippen LogP contribution in [0.5, 0.6) is 0 Å². The molecule has 6 rings (SSSR count). The molecule has 1 aromatic carbocycles. The van der Waals surface area contributed by atoms with E-state index in [1.165, 1.54) is 44.2 Å². The molecule has 1 heterocycles. The molecule has 2 aromatic rings. The van der Waals surface area contributed by atoms with Gasteiger partial charge in [-0.15, -0.1) is 11.3 Å². The van der Waals surface area contributed by atoms with E-state index in [1.54, 1.807) is 11.3 Å². The molecule has 1 N–H and O–H groups in total. The number of aromatic nitrogens is 1. The van der Waals surface area contributed by atoms with Crippen molar-refractivity contribution < 1.29 is 4.79 Å². The van der Waals surface area contributed by atoms with Crippen LogP contribution in [0.4, 0.5) is 5.13 Å². The fourth-order valence-electron chi connectivity index (χ4n) is 6.11. The standard InChI is InChI=1S/C21H23BrN2OS/c22-17-3-1-16(2-4-17)19(25)24-20-23-18(12-26-20)11-21-8-13-5-14(9-21)7-15(6-13)10-21/h1-4,12-15H,5-11H2,(H,23,24,25). The molecule has 0 spiro atoms. The number of benzene rings is 1. The van der Waals surface area contributed by atoms with E-state index in [4.69, 9.17) is 4.98 Å². The van der Waals surface area contributed by atoms with Gasteiger partial charge in [0.2, 0.25) is 0 Å². The number of thiazole rings is 1. The van der Waals surface area contributed by atoms with Crippen LogP contribution in [0.15, 0.2) is 34.1 Å². The molecule has 1 amide bonds. The summed E-state index contributed by atoms with van der Waals surface area (Å²) in [6.45, 7) is 0. The first-order valence-electron chi connectivity index (χ1n) is 9.58. The van der Waals surface area contributed by atoms with Crippen molar-refractivity contribution in [1.82, 2.24) is 4.98 Å². The van der Waals surface area contributed by atoms with Crippen LogP contribution in [-0.2, 0) is 6.42 Å². The summed E-state index contributed by atoms with van der Waals surface area (Å²) in [5.41, 5.74) is 2.32. The molecule has 0 unspecified atom stereocenters. The van der Waals surface area contributed by atoms with Gasteiger partial charge in [-0.05, 0) is 92.4 Å². The van der Waals surface area contributed by atoms with Crippen molar-refractivity contribution in [2.45, 2.75) is 44.9 Å². The summed E-state index contributed by atoms with van der Waals surface area (Å²) in [6, 6.07) is 7.41. The Morgan fingerprint density at radius 3 is 2.35 bits per heavy atom. The maximum absolute atomic E-state index is 12.4. The molecule has 1 aromatic heterocycles. The highest BCUT2D eigenvalue weighted by Crippen LogP contribution is 2.61. The monoisotopic (exact) mass is 430 g/mol. The topological polar surface area (TPSA) is 42.0 Å². The third kappa shape index (κ3) is 3.24. The maximum Gasteiger partial charge on any atom is 0.257 e. The van der Waals surface area contributed by atoms with E-state index in [0.717, 1.165) is 33.8 Å². The molecule has 0 saturated heterocycles.